The molecule has 0 saturated carbocycles. The fraction of sp³-hybridized carbons (Fsp3) is 0.125. The molecule has 0 radical (unpaired) electrons. The van der Waals surface area contributed by atoms with Crippen LogP contribution in [0.3, 0.4) is 0 Å². The third-order valence-corrected chi connectivity index (χ3v) is 4.13. The van der Waals surface area contributed by atoms with Crippen LogP contribution < -0.4 is 10.1 Å². The van der Waals surface area contributed by atoms with Gasteiger partial charge in [0.05, 0.1) is 24.3 Å². The van der Waals surface area contributed by atoms with Crippen LogP contribution in [0.25, 0.3) is 5.69 Å². The monoisotopic (exact) mass is 432 g/mol. The van der Waals surface area contributed by atoms with E-state index in [1.54, 1.807) is 6.07 Å². The molecule has 0 saturated heterocycles. The molecule has 3 aromatic rings. The van der Waals surface area contributed by atoms with E-state index in [1.807, 2.05) is 18.2 Å². The Kier molecular flexibility index (Phi) is 5.41. The van der Waals surface area contributed by atoms with Crippen molar-refractivity contribution in [1.82, 2.24) is 25.5 Å². The molecule has 10 nitrogen and oxygen atoms in total. The average Bonchev–Trinajstić information content (AvgIpc) is 3.14. The normalized spacial score (nSPS) is 10.4. The molecule has 3 rings (SSSR count). The predicted molar refractivity (Wildman–Crippen MR) is 97.7 cm³/mol. The maximum Gasteiger partial charge on any atom is 0.282 e. The lowest BCUT2D eigenvalue weighted by Gasteiger charge is -2.08. The van der Waals surface area contributed by atoms with Gasteiger partial charge in [-0.25, -0.2) is 0 Å². The Bertz CT molecular complexity index is 1010. The van der Waals surface area contributed by atoms with Crippen molar-refractivity contribution in [3.05, 3.63) is 68.4 Å². The van der Waals surface area contributed by atoms with Crippen LogP contribution in [-0.4, -0.2) is 38.1 Å². The Morgan fingerprint density at radius 2 is 2.15 bits per heavy atom. The molecule has 0 unspecified atom stereocenters. The highest BCUT2D eigenvalue weighted by atomic mass is 79.9. The van der Waals surface area contributed by atoms with E-state index in [1.165, 1.54) is 30.0 Å². The van der Waals surface area contributed by atoms with Gasteiger partial charge in [-0.3, -0.25) is 14.9 Å². The molecule has 2 aromatic carbocycles. The average molecular weight is 433 g/mol. The second-order valence-corrected chi connectivity index (χ2v) is 6.23. The summed E-state index contributed by atoms with van der Waals surface area (Å²) in [5.41, 5.74) is 0.270. The number of amides is 1. The second-order valence-electron chi connectivity index (χ2n) is 5.31. The third-order valence-electron chi connectivity index (χ3n) is 3.64. The molecular weight excluding hydrogens is 420 g/mol. The molecule has 11 heteroatoms. The first-order chi connectivity index (χ1) is 13.0. The summed E-state index contributed by atoms with van der Waals surface area (Å²) in [6.07, 6.45) is 0. The van der Waals surface area contributed by atoms with Crippen LogP contribution in [0.4, 0.5) is 5.69 Å². The van der Waals surface area contributed by atoms with E-state index in [2.05, 4.69) is 36.8 Å². The maximum atomic E-state index is 12.5. The third kappa shape index (κ3) is 4.08. The van der Waals surface area contributed by atoms with Crippen molar-refractivity contribution in [2.75, 3.05) is 7.11 Å². The zero-order valence-electron chi connectivity index (χ0n) is 14.0. The van der Waals surface area contributed by atoms with Crippen molar-refractivity contribution in [3.8, 4) is 11.4 Å². The number of hydrogen-bond donors (Lipinski definition) is 1. The van der Waals surface area contributed by atoms with Crippen molar-refractivity contribution in [2.24, 2.45) is 0 Å². The highest BCUT2D eigenvalue weighted by Crippen LogP contribution is 2.24. The van der Waals surface area contributed by atoms with E-state index < -0.39 is 10.8 Å². The van der Waals surface area contributed by atoms with Crippen LogP contribution in [0.1, 0.15) is 16.2 Å². The summed E-state index contributed by atoms with van der Waals surface area (Å²) >= 11 is 3.37. The number of carbonyl (C=O) groups is 1. The topological polar surface area (TPSA) is 125 Å². The molecule has 1 aromatic heterocycles. The number of ether oxygens (including phenoxy) is 1. The van der Waals surface area contributed by atoms with E-state index in [-0.39, 0.29) is 17.8 Å². The molecule has 1 amide bonds. The van der Waals surface area contributed by atoms with E-state index >= 15 is 0 Å². The first-order valence-electron chi connectivity index (χ1n) is 7.63. The zero-order chi connectivity index (χ0) is 19.4. The molecular formula is C16H13BrN6O4. The minimum Gasteiger partial charge on any atom is -0.497 e. The minimum absolute atomic E-state index is 0.0211. The molecule has 27 heavy (non-hydrogen) atoms. The first kappa shape index (κ1) is 18.5. The molecule has 0 aliphatic heterocycles. The van der Waals surface area contributed by atoms with Gasteiger partial charge in [-0.15, -0.1) is 5.10 Å². The number of rotatable bonds is 6. The van der Waals surface area contributed by atoms with Crippen LogP contribution >= 0.6 is 15.9 Å². The molecule has 0 fully saturated rings. The lowest BCUT2D eigenvalue weighted by Crippen LogP contribution is -2.25. The number of nitrogens with one attached hydrogen (secondary N) is 1. The molecule has 1 heterocycles. The van der Waals surface area contributed by atoms with Crippen molar-refractivity contribution >= 4 is 27.5 Å². The summed E-state index contributed by atoms with van der Waals surface area (Å²) in [7, 11) is 1.41. The summed E-state index contributed by atoms with van der Waals surface area (Å²) < 4.78 is 7.34. The molecule has 0 bridgehead atoms. The molecule has 138 valence electrons. The van der Waals surface area contributed by atoms with Gasteiger partial charge < -0.3 is 10.1 Å². The maximum absolute atomic E-state index is 12.5. The molecule has 0 atom stereocenters. The van der Waals surface area contributed by atoms with Gasteiger partial charge >= 0.3 is 0 Å². The summed E-state index contributed by atoms with van der Waals surface area (Å²) in [4.78, 5) is 23.0. The van der Waals surface area contributed by atoms with Gasteiger partial charge in [-0.05, 0) is 40.8 Å². The zero-order valence-corrected chi connectivity index (χ0v) is 15.6. The van der Waals surface area contributed by atoms with E-state index in [9.17, 15) is 14.9 Å². The van der Waals surface area contributed by atoms with Gasteiger partial charge in [0.1, 0.15) is 11.3 Å². The Labute approximate surface area is 161 Å². The van der Waals surface area contributed by atoms with Gasteiger partial charge in [0.25, 0.3) is 11.6 Å². The van der Waals surface area contributed by atoms with E-state index in [4.69, 9.17) is 4.74 Å². The summed E-state index contributed by atoms with van der Waals surface area (Å²) in [6, 6.07) is 11.3. The smallest absolute Gasteiger partial charge is 0.282 e. The number of methoxy groups -OCH3 is 1. The number of halogens is 1. The van der Waals surface area contributed by atoms with Crippen LogP contribution in [0.5, 0.6) is 5.75 Å². The summed E-state index contributed by atoms with van der Waals surface area (Å²) in [6.45, 7) is -0.0211. The number of hydrogen-bond acceptors (Lipinski definition) is 7. The summed E-state index contributed by atoms with van der Waals surface area (Å²) in [5, 5.41) is 25.2. The van der Waals surface area contributed by atoms with Gasteiger partial charge in [-0.1, -0.05) is 22.0 Å². The predicted octanol–water partition coefficient (Wildman–Crippen LogP) is 2.27. The van der Waals surface area contributed by atoms with Crippen LogP contribution in [-0.2, 0) is 6.54 Å². The Morgan fingerprint density at radius 1 is 1.33 bits per heavy atom. The number of nitro benzene ring substituents is 1. The van der Waals surface area contributed by atoms with Gasteiger partial charge in [0.2, 0.25) is 0 Å². The fourth-order valence-corrected chi connectivity index (χ4v) is 2.75. The van der Waals surface area contributed by atoms with Crippen molar-refractivity contribution in [1.29, 1.82) is 0 Å². The minimum atomic E-state index is -0.635. The lowest BCUT2D eigenvalue weighted by molar-refractivity contribution is -0.385. The number of carbonyl (C=O) groups excluding carboxylic acids is 1. The Balaban J connectivity index is 1.82. The van der Waals surface area contributed by atoms with E-state index in [0.717, 1.165) is 4.47 Å². The standard InChI is InChI=1S/C16H13BrN6O4/c1-27-12-5-6-14(23(25)26)13(8-12)16(24)18-9-15-19-20-21-22(15)11-4-2-3-10(17)7-11/h2-8H,9H2,1H3,(H,18,24). The molecule has 0 aliphatic carbocycles. The number of tetrazole rings is 1. The van der Waals surface area contributed by atoms with Crippen molar-refractivity contribution in [2.45, 2.75) is 6.54 Å². The van der Waals surface area contributed by atoms with Gasteiger partial charge in [0.15, 0.2) is 5.82 Å². The SMILES string of the molecule is COc1ccc([N+](=O)[O-])c(C(=O)NCc2nnnn2-c2cccc(Br)c2)c1. The van der Waals surface area contributed by atoms with Crippen LogP contribution in [0.15, 0.2) is 46.9 Å². The summed E-state index contributed by atoms with van der Waals surface area (Å²) in [5.74, 6) is 0.0705. The van der Waals surface area contributed by atoms with Crippen LogP contribution in [0, 0.1) is 10.1 Å². The lowest BCUT2D eigenvalue weighted by atomic mass is 10.1. The first-order valence-corrected chi connectivity index (χ1v) is 8.42. The number of nitrogens with zero attached hydrogens (tertiary/aromatic N) is 5. The fourth-order valence-electron chi connectivity index (χ4n) is 2.36. The quantitative estimate of drug-likeness (QED) is 0.467. The number of nitro groups is 1. The largest absolute Gasteiger partial charge is 0.497 e. The highest BCUT2D eigenvalue weighted by Gasteiger charge is 2.21. The molecule has 1 N–H and O–H groups in total. The van der Waals surface area contributed by atoms with Gasteiger partial charge in [0, 0.05) is 10.5 Å². The Morgan fingerprint density at radius 3 is 2.85 bits per heavy atom. The van der Waals surface area contributed by atoms with Crippen molar-refractivity contribution < 1.29 is 14.5 Å². The molecule has 0 spiro atoms. The van der Waals surface area contributed by atoms with E-state index in [0.29, 0.717) is 17.3 Å². The Hall–Kier alpha value is -3.34. The second kappa shape index (κ2) is 7.91. The van der Waals surface area contributed by atoms with Crippen LogP contribution in [0.2, 0.25) is 0 Å². The van der Waals surface area contributed by atoms with Gasteiger partial charge in [-0.2, -0.15) is 4.68 Å². The number of benzene rings is 2. The van der Waals surface area contributed by atoms with Crippen molar-refractivity contribution in [3.63, 3.8) is 0 Å². The molecule has 0 aliphatic rings. The highest BCUT2D eigenvalue weighted by molar-refractivity contribution is 9.10. The number of aromatic nitrogens is 4.